The first-order valence-electron chi connectivity index (χ1n) is 14.1. The third-order valence-corrected chi connectivity index (χ3v) is 7.38. The molecule has 0 fully saturated rings. The quantitative estimate of drug-likeness (QED) is 0.138. The second-order valence-electron chi connectivity index (χ2n) is 11.6. The maximum atomic E-state index is 12.6. The third kappa shape index (κ3) is 11.0. The van der Waals surface area contributed by atoms with Gasteiger partial charge in [-0.2, -0.15) is 0 Å². The highest BCUT2D eigenvalue weighted by Crippen LogP contribution is 2.33. The smallest absolute Gasteiger partial charge is 0.480 e. The third-order valence-electron chi connectivity index (χ3n) is 7.38. The number of hydrogen-bond acceptors (Lipinski definition) is 11. The topological polar surface area (TPSA) is 170 Å². The fourth-order valence-electron chi connectivity index (χ4n) is 3.36. The number of carbonyl (C=O) groups excluding carboxylic acids is 3. The summed E-state index contributed by atoms with van der Waals surface area (Å²) in [5.74, 6) is -2.60. The summed E-state index contributed by atoms with van der Waals surface area (Å²) in [7, 11) is 0. The van der Waals surface area contributed by atoms with Gasteiger partial charge in [0, 0.05) is 12.3 Å². The van der Waals surface area contributed by atoms with Crippen molar-refractivity contribution < 1.29 is 52.7 Å². The molecule has 0 aliphatic carbocycles. The molecule has 1 unspecified atom stereocenters. The Balaban J connectivity index is 3.35. The number of hydrogen-bond donors (Lipinski definition) is 2. The van der Waals surface area contributed by atoms with Gasteiger partial charge in [0.25, 0.3) is 0 Å². The van der Waals surface area contributed by atoms with Gasteiger partial charge in [0.15, 0.2) is 11.5 Å². The van der Waals surface area contributed by atoms with Gasteiger partial charge in [-0.25, -0.2) is 14.4 Å². The van der Waals surface area contributed by atoms with Crippen LogP contribution in [0.3, 0.4) is 0 Å². The van der Waals surface area contributed by atoms with E-state index in [-0.39, 0.29) is 24.0 Å². The number of ether oxygens (including phenoxy) is 6. The summed E-state index contributed by atoms with van der Waals surface area (Å²) in [4.78, 5) is 49.6. The molecule has 4 atom stereocenters. The fraction of sp³-hybridized carbons (Fsp3) is 0.667. The van der Waals surface area contributed by atoms with Crippen LogP contribution in [0.4, 0.5) is 14.4 Å². The van der Waals surface area contributed by atoms with Gasteiger partial charge in [-0.3, -0.25) is 4.79 Å². The molecule has 3 N–H and O–H groups in total. The molecular formula is C30H47NO11. The molecule has 42 heavy (non-hydrogen) atoms. The molecule has 0 aliphatic heterocycles. The van der Waals surface area contributed by atoms with E-state index >= 15 is 0 Å². The SMILES string of the molecule is CCC(C)OC(=O)O[C@@H](C)[C@@H](C)[C@](N)(Cc1ccc(OC(=O)OC(C)(C)CC)c(OC(=O)OC(C)(C)CC)c1)C(=O)O. The number of carbonyl (C=O) groups is 4. The number of rotatable bonds is 14. The maximum absolute atomic E-state index is 12.6. The summed E-state index contributed by atoms with van der Waals surface area (Å²) in [5, 5.41) is 10.1. The Hall–Kier alpha value is -3.54. The molecule has 0 bridgehead atoms. The number of nitrogens with two attached hydrogens (primary N) is 1. The monoisotopic (exact) mass is 597 g/mol. The molecule has 0 saturated heterocycles. The Morgan fingerprint density at radius 3 is 1.76 bits per heavy atom. The standard InChI is InChI=1S/C30H47NO11/c1-11-18(4)37-25(34)38-20(6)19(5)30(31,24(32)33)17-21-14-15-22(39-26(35)41-28(7,8)12-2)23(16-21)40-27(36)42-29(9,10)13-3/h14-16,18-20H,11-13,17,31H2,1-10H3,(H,32,33)/t18?,19-,20+,30-/m1/s1. The second-order valence-corrected chi connectivity index (χ2v) is 11.6. The molecule has 12 nitrogen and oxygen atoms in total. The van der Waals surface area contributed by atoms with Crippen molar-refractivity contribution in [1.82, 2.24) is 0 Å². The van der Waals surface area contributed by atoms with E-state index in [9.17, 15) is 24.3 Å². The Kier molecular flexibility index (Phi) is 13.1. The summed E-state index contributed by atoms with van der Waals surface area (Å²) in [6, 6.07) is 4.13. The van der Waals surface area contributed by atoms with Gasteiger partial charge >= 0.3 is 24.4 Å². The Morgan fingerprint density at radius 2 is 1.31 bits per heavy atom. The van der Waals surface area contributed by atoms with Crippen LogP contribution in [0.2, 0.25) is 0 Å². The zero-order valence-electron chi connectivity index (χ0n) is 26.4. The lowest BCUT2D eigenvalue weighted by Crippen LogP contribution is -2.58. The number of benzene rings is 1. The number of aliphatic carboxylic acids is 1. The van der Waals surface area contributed by atoms with Crippen molar-refractivity contribution in [2.24, 2.45) is 11.7 Å². The van der Waals surface area contributed by atoms with Crippen LogP contribution in [0.1, 0.15) is 94.1 Å². The Morgan fingerprint density at radius 1 is 0.810 bits per heavy atom. The van der Waals surface area contributed by atoms with E-state index in [1.165, 1.54) is 25.1 Å². The van der Waals surface area contributed by atoms with Crippen molar-refractivity contribution in [3.05, 3.63) is 23.8 Å². The highest BCUT2D eigenvalue weighted by molar-refractivity contribution is 5.80. The molecule has 0 heterocycles. The first-order chi connectivity index (χ1) is 19.3. The molecule has 238 valence electrons. The minimum atomic E-state index is -1.93. The van der Waals surface area contributed by atoms with Crippen LogP contribution < -0.4 is 15.2 Å². The van der Waals surface area contributed by atoms with Gasteiger partial charge in [-0.05, 0) is 78.5 Å². The van der Waals surface area contributed by atoms with E-state index in [0.29, 0.717) is 24.8 Å². The minimum Gasteiger partial charge on any atom is -0.480 e. The van der Waals surface area contributed by atoms with Gasteiger partial charge in [0.2, 0.25) is 0 Å². The van der Waals surface area contributed by atoms with Crippen molar-refractivity contribution >= 4 is 24.4 Å². The average molecular weight is 598 g/mol. The molecule has 12 heteroatoms. The van der Waals surface area contributed by atoms with Crippen LogP contribution in [0.5, 0.6) is 11.5 Å². The largest absolute Gasteiger partial charge is 0.514 e. The van der Waals surface area contributed by atoms with Gasteiger partial charge in [-0.15, -0.1) is 0 Å². The average Bonchev–Trinajstić information content (AvgIpc) is 2.88. The van der Waals surface area contributed by atoms with Crippen molar-refractivity contribution in [1.29, 1.82) is 0 Å². The first-order valence-corrected chi connectivity index (χ1v) is 14.1. The van der Waals surface area contributed by atoms with Crippen molar-refractivity contribution in [2.45, 2.75) is 124 Å². The zero-order chi connectivity index (χ0) is 32.5. The summed E-state index contributed by atoms with van der Waals surface area (Å²) in [6.07, 6.45) is -2.98. The van der Waals surface area contributed by atoms with Crippen LogP contribution in [0.15, 0.2) is 18.2 Å². The minimum absolute atomic E-state index is 0.155. The van der Waals surface area contributed by atoms with E-state index in [1.807, 2.05) is 20.8 Å². The van der Waals surface area contributed by atoms with Crippen LogP contribution in [-0.2, 0) is 30.2 Å². The summed E-state index contributed by atoms with van der Waals surface area (Å²) in [6.45, 7) is 17.1. The number of carboxylic acid groups (broad SMARTS) is 1. The maximum Gasteiger partial charge on any atom is 0.514 e. The van der Waals surface area contributed by atoms with Gasteiger partial charge < -0.3 is 39.3 Å². The predicted molar refractivity (Wildman–Crippen MR) is 154 cm³/mol. The Labute approximate surface area is 248 Å². The number of carboxylic acids is 1. The van der Waals surface area contributed by atoms with E-state index in [1.54, 1.807) is 41.5 Å². The van der Waals surface area contributed by atoms with Crippen molar-refractivity contribution in [3.63, 3.8) is 0 Å². The molecule has 1 aromatic carbocycles. The lowest BCUT2D eigenvalue weighted by atomic mass is 9.78. The lowest BCUT2D eigenvalue weighted by Gasteiger charge is -2.34. The molecular weight excluding hydrogens is 550 g/mol. The zero-order valence-corrected chi connectivity index (χ0v) is 26.4. The van der Waals surface area contributed by atoms with Gasteiger partial charge in [0.1, 0.15) is 28.9 Å². The first kappa shape index (κ1) is 36.5. The van der Waals surface area contributed by atoms with Crippen molar-refractivity contribution in [2.75, 3.05) is 0 Å². The molecule has 0 aliphatic rings. The van der Waals surface area contributed by atoms with E-state index in [4.69, 9.17) is 34.2 Å². The normalized spacial score (nSPS) is 15.3. The summed E-state index contributed by atoms with van der Waals surface area (Å²) < 4.78 is 31.8. The van der Waals surface area contributed by atoms with E-state index in [0.717, 1.165) is 0 Å². The van der Waals surface area contributed by atoms with Crippen LogP contribution in [0, 0.1) is 5.92 Å². The van der Waals surface area contributed by atoms with Crippen LogP contribution >= 0.6 is 0 Å². The predicted octanol–water partition coefficient (Wildman–Crippen LogP) is 6.40. The summed E-state index contributed by atoms with van der Waals surface area (Å²) in [5.41, 5.74) is 3.17. The Bertz CT molecular complexity index is 1100. The fourth-order valence-corrected chi connectivity index (χ4v) is 3.36. The highest BCUT2D eigenvalue weighted by atomic mass is 16.8. The van der Waals surface area contributed by atoms with E-state index in [2.05, 4.69) is 0 Å². The van der Waals surface area contributed by atoms with Crippen LogP contribution in [-0.4, -0.2) is 58.5 Å². The van der Waals surface area contributed by atoms with Gasteiger partial charge in [0.05, 0.1) is 0 Å². The molecule has 1 rings (SSSR count). The van der Waals surface area contributed by atoms with Gasteiger partial charge in [-0.1, -0.05) is 33.8 Å². The van der Waals surface area contributed by atoms with E-state index < -0.39 is 53.2 Å². The molecule has 0 amide bonds. The molecule has 0 saturated carbocycles. The molecule has 1 aromatic rings. The lowest BCUT2D eigenvalue weighted by molar-refractivity contribution is -0.147. The summed E-state index contributed by atoms with van der Waals surface area (Å²) >= 11 is 0. The molecule has 0 aromatic heterocycles. The van der Waals surface area contributed by atoms with Crippen LogP contribution in [0.25, 0.3) is 0 Å². The molecule has 0 spiro atoms. The highest BCUT2D eigenvalue weighted by Gasteiger charge is 2.44. The molecule has 0 radical (unpaired) electrons. The second kappa shape index (κ2) is 15.1. The van der Waals surface area contributed by atoms with Crippen molar-refractivity contribution in [3.8, 4) is 11.5 Å².